The van der Waals surface area contributed by atoms with Crippen LogP contribution < -0.4 is 10.9 Å². The van der Waals surface area contributed by atoms with Crippen molar-refractivity contribution in [1.82, 2.24) is 19.5 Å². The maximum absolute atomic E-state index is 14.1. The van der Waals surface area contributed by atoms with Crippen LogP contribution in [0, 0.1) is 11.6 Å². The average Bonchev–Trinajstić information content (AvgIpc) is 3.18. The zero-order valence-electron chi connectivity index (χ0n) is 17.3. The number of amides is 2. The number of piperidine rings is 1. The lowest BCUT2D eigenvalue weighted by molar-refractivity contribution is -0.119. The summed E-state index contributed by atoms with van der Waals surface area (Å²) in [4.78, 5) is 40.7. The molecule has 1 aliphatic heterocycles. The molecule has 1 aliphatic rings. The summed E-state index contributed by atoms with van der Waals surface area (Å²) >= 11 is 0. The van der Waals surface area contributed by atoms with Gasteiger partial charge in [0, 0.05) is 31.1 Å². The number of aromatic nitrogens is 3. The zero-order chi connectivity index (χ0) is 23.1. The van der Waals surface area contributed by atoms with Crippen molar-refractivity contribution in [3.05, 3.63) is 75.7 Å². The minimum atomic E-state index is -0.975. The lowest BCUT2D eigenvalue weighted by Crippen LogP contribution is -2.32. The SMILES string of the molecule is O=CN1CCC(c2cc(=O)[nH]c3c4c(NC(=O)c5ccc(F)cc5F)cccc4nn23)CC1. The number of fused-ring (bicyclic) bond motifs is 3. The monoisotopic (exact) mass is 451 g/mol. The third-order valence-electron chi connectivity index (χ3n) is 5.98. The Morgan fingerprint density at radius 1 is 1.15 bits per heavy atom. The Bertz CT molecular complexity index is 1450. The van der Waals surface area contributed by atoms with Crippen LogP contribution in [0.15, 0.2) is 47.3 Å². The number of carbonyl (C=O) groups excluding carboxylic acids is 2. The van der Waals surface area contributed by atoms with Crippen molar-refractivity contribution in [3.8, 4) is 0 Å². The minimum absolute atomic E-state index is 0.0339. The number of aromatic amines is 1. The number of likely N-dealkylation sites (tertiary alicyclic amines) is 1. The summed E-state index contributed by atoms with van der Waals surface area (Å²) < 4.78 is 29.0. The number of hydrogen-bond acceptors (Lipinski definition) is 4. The molecule has 168 valence electrons. The van der Waals surface area contributed by atoms with Gasteiger partial charge in [0.25, 0.3) is 11.5 Å². The molecule has 2 amide bonds. The fraction of sp³-hybridized carbons (Fsp3) is 0.217. The summed E-state index contributed by atoms with van der Waals surface area (Å²) in [6.07, 6.45) is 2.21. The maximum Gasteiger partial charge on any atom is 0.258 e. The molecule has 2 aromatic heterocycles. The molecular weight excluding hydrogens is 432 g/mol. The fourth-order valence-electron chi connectivity index (χ4n) is 4.35. The van der Waals surface area contributed by atoms with Gasteiger partial charge in [0.05, 0.1) is 27.8 Å². The second-order valence-corrected chi connectivity index (χ2v) is 8.01. The predicted molar refractivity (Wildman–Crippen MR) is 117 cm³/mol. The Morgan fingerprint density at radius 3 is 2.67 bits per heavy atom. The maximum atomic E-state index is 14.1. The van der Waals surface area contributed by atoms with E-state index >= 15 is 0 Å². The van der Waals surface area contributed by atoms with Gasteiger partial charge in [-0.15, -0.1) is 0 Å². The molecule has 10 heteroatoms. The van der Waals surface area contributed by atoms with Crippen LogP contribution in [0.2, 0.25) is 0 Å². The fourth-order valence-corrected chi connectivity index (χ4v) is 4.35. The third-order valence-corrected chi connectivity index (χ3v) is 5.98. The van der Waals surface area contributed by atoms with Gasteiger partial charge in [-0.25, -0.2) is 13.3 Å². The molecule has 1 saturated heterocycles. The van der Waals surface area contributed by atoms with Gasteiger partial charge in [-0.1, -0.05) is 6.07 Å². The molecule has 5 rings (SSSR count). The van der Waals surface area contributed by atoms with E-state index in [2.05, 4.69) is 15.4 Å². The highest BCUT2D eigenvalue weighted by atomic mass is 19.1. The van der Waals surface area contributed by atoms with E-state index in [0.29, 0.717) is 54.2 Å². The van der Waals surface area contributed by atoms with Crippen LogP contribution in [0.4, 0.5) is 14.5 Å². The molecule has 0 aliphatic carbocycles. The van der Waals surface area contributed by atoms with E-state index in [1.54, 1.807) is 27.6 Å². The van der Waals surface area contributed by atoms with Crippen molar-refractivity contribution in [2.75, 3.05) is 18.4 Å². The number of H-pyrrole nitrogens is 1. The van der Waals surface area contributed by atoms with Crippen molar-refractivity contribution in [2.24, 2.45) is 0 Å². The smallest absolute Gasteiger partial charge is 0.258 e. The molecule has 0 atom stereocenters. The molecule has 0 bridgehead atoms. The van der Waals surface area contributed by atoms with Crippen molar-refractivity contribution in [3.63, 3.8) is 0 Å². The average molecular weight is 451 g/mol. The number of anilines is 1. The van der Waals surface area contributed by atoms with Crippen LogP contribution in [0.25, 0.3) is 16.6 Å². The van der Waals surface area contributed by atoms with E-state index in [0.717, 1.165) is 24.2 Å². The van der Waals surface area contributed by atoms with Crippen LogP contribution in [-0.4, -0.2) is 44.9 Å². The van der Waals surface area contributed by atoms with Gasteiger partial charge in [0.15, 0.2) is 0 Å². The Morgan fingerprint density at radius 2 is 1.94 bits per heavy atom. The molecule has 0 saturated carbocycles. The van der Waals surface area contributed by atoms with Crippen LogP contribution in [0.5, 0.6) is 0 Å². The zero-order valence-corrected chi connectivity index (χ0v) is 17.3. The van der Waals surface area contributed by atoms with E-state index in [4.69, 9.17) is 0 Å². The Hall–Kier alpha value is -4.08. The van der Waals surface area contributed by atoms with Gasteiger partial charge in [0.1, 0.15) is 17.3 Å². The van der Waals surface area contributed by atoms with Crippen LogP contribution in [0.1, 0.15) is 34.8 Å². The van der Waals surface area contributed by atoms with E-state index in [1.807, 2.05) is 0 Å². The molecule has 0 unspecified atom stereocenters. The molecule has 2 aromatic carbocycles. The molecular formula is C23H19F2N5O3. The van der Waals surface area contributed by atoms with Gasteiger partial charge >= 0.3 is 0 Å². The van der Waals surface area contributed by atoms with E-state index in [-0.39, 0.29) is 17.0 Å². The number of halogens is 2. The highest BCUT2D eigenvalue weighted by molar-refractivity contribution is 6.12. The second-order valence-electron chi connectivity index (χ2n) is 8.01. The van der Waals surface area contributed by atoms with Gasteiger partial charge in [0.2, 0.25) is 6.41 Å². The lowest BCUT2D eigenvalue weighted by Gasteiger charge is -2.29. The largest absolute Gasteiger partial charge is 0.345 e. The van der Waals surface area contributed by atoms with Gasteiger partial charge in [-0.05, 0) is 37.1 Å². The Balaban J connectivity index is 1.58. The number of rotatable bonds is 4. The number of nitrogens with zero attached hydrogens (tertiary/aromatic N) is 3. The van der Waals surface area contributed by atoms with Crippen LogP contribution >= 0.6 is 0 Å². The molecule has 2 N–H and O–H groups in total. The van der Waals surface area contributed by atoms with Crippen molar-refractivity contribution in [2.45, 2.75) is 18.8 Å². The highest BCUT2D eigenvalue weighted by Gasteiger charge is 2.24. The van der Waals surface area contributed by atoms with Gasteiger partial charge < -0.3 is 15.2 Å². The first kappa shape index (κ1) is 20.8. The van der Waals surface area contributed by atoms with Crippen molar-refractivity contribution >= 4 is 34.6 Å². The summed E-state index contributed by atoms with van der Waals surface area (Å²) in [6.45, 7) is 1.18. The van der Waals surface area contributed by atoms with Crippen molar-refractivity contribution in [1.29, 1.82) is 0 Å². The van der Waals surface area contributed by atoms with Gasteiger partial charge in [-0.2, -0.15) is 5.10 Å². The number of hydrogen-bond donors (Lipinski definition) is 2. The molecule has 8 nitrogen and oxygen atoms in total. The van der Waals surface area contributed by atoms with Crippen LogP contribution in [0.3, 0.4) is 0 Å². The summed E-state index contributed by atoms with van der Waals surface area (Å²) in [7, 11) is 0. The van der Waals surface area contributed by atoms with Crippen molar-refractivity contribution < 1.29 is 18.4 Å². The van der Waals surface area contributed by atoms with Crippen LogP contribution in [-0.2, 0) is 4.79 Å². The summed E-state index contributed by atoms with van der Waals surface area (Å²) in [5.74, 6) is -2.47. The first-order valence-electron chi connectivity index (χ1n) is 10.4. The number of carbonyl (C=O) groups is 2. The standard InChI is InChI=1S/C23H19F2N5O3/c24-14-4-5-15(16(25)10-14)23(33)26-17-2-1-3-18-21(17)22-27-20(32)11-19(30(22)28-18)13-6-8-29(12-31)9-7-13/h1-5,10-13H,6-9H2,(H,26,33)(H,27,32). The van der Waals surface area contributed by atoms with E-state index < -0.39 is 17.5 Å². The lowest BCUT2D eigenvalue weighted by atomic mass is 9.93. The number of nitrogens with one attached hydrogen (secondary N) is 2. The Labute approximate surface area is 185 Å². The number of benzene rings is 2. The second kappa shape index (κ2) is 8.12. The van der Waals surface area contributed by atoms with E-state index in [9.17, 15) is 23.2 Å². The molecule has 4 aromatic rings. The summed E-state index contributed by atoms with van der Waals surface area (Å²) in [6, 6.07) is 9.28. The normalized spacial score (nSPS) is 14.7. The van der Waals surface area contributed by atoms with E-state index in [1.165, 1.54) is 6.07 Å². The minimum Gasteiger partial charge on any atom is -0.345 e. The first-order chi connectivity index (χ1) is 15.9. The molecule has 1 fully saturated rings. The highest BCUT2D eigenvalue weighted by Crippen LogP contribution is 2.31. The topological polar surface area (TPSA) is 99.6 Å². The summed E-state index contributed by atoms with van der Waals surface area (Å²) in [5.41, 5.74) is 1.36. The van der Waals surface area contributed by atoms with Gasteiger partial charge in [-0.3, -0.25) is 14.4 Å². The predicted octanol–water partition coefficient (Wildman–Crippen LogP) is 3.04. The molecule has 3 heterocycles. The molecule has 0 radical (unpaired) electrons. The molecule has 33 heavy (non-hydrogen) atoms. The third kappa shape index (κ3) is 3.73. The quantitative estimate of drug-likeness (QED) is 0.466. The molecule has 0 spiro atoms. The first-order valence-corrected chi connectivity index (χ1v) is 10.4. The summed E-state index contributed by atoms with van der Waals surface area (Å²) in [5, 5.41) is 7.78. The Kier molecular flexibility index (Phi) is 5.12.